The molecule has 0 aliphatic carbocycles. The molecule has 0 N–H and O–H groups in total. The van der Waals surface area contributed by atoms with Crippen LogP contribution in [-0.2, 0) is 13.0 Å². The maximum absolute atomic E-state index is 13.2. The average molecular weight is 314 g/mol. The Morgan fingerprint density at radius 3 is 2.86 bits per heavy atom. The largest absolute Gasteiger partial charge is 0.313 e. The molecular weight excluding hydrogens is 299 g/mol. The van der Waals surface area contributed by atoms with Gasteiger partial charge in [0, 0.05) is 41.7 Å². The Kier molecular flexibility index (Phi) is 3.21. The first kappa shape index (κ1) is 13.8. The molecule has 1 aliphatic heterocycles. The lowest BCUT2D eigenvalue weighted by Gasteiger charge is -2.24. The number of hydrogen-bond acceptors (Lipinski definition) is 1. The average Bonchev–Trinajstić information content (AvgIpc) is 2.81. The molecule has 0 unspecified atom stereocenters. The van der Waals surface area contributed by atoms with Crippen LogP contribution in [0.2, 0.25) is 5.02 Å². The Labute approximate surface area is 133 Å². The molecule has 3 aromatic rings. The van der Waals surface area contributed by atoms with Gasteiger partial charge in [0.25, 0.3) is 0 Å². The van der Waals surface area contributed by atoms with Crippen LogP contribution in [0.15, 0.2) is 36.4 Å². The Bertz CT molecular complexity index is 852. The number of nitrogens with zero attached hydrogens (tertiary/aromatic N) is 2. The van der Waals surface area contributed by atoms with Gasteiger partial charge in [-0.1, -0.05) is 11.6 Å². The number of likely N-dealkylation sites (N-methyl/N-ethyl adjacent to an activating group) is 1. The van der Waals surface area contributed by atoms with Crippen molar-refractivity contribution in [1.29, 1.82) is 0 Å². The SMILES string of the molecule is CN1CCc2c(c3cc(Cl)ccc3n2-c2[c]cc(F)cc2)C1. The zero-order chi connectivity index (χ0) is 15.3. The van der Waals surface area contributed by atoms with E-state index in [2.05, 4.69) is 22.6 Å². The highest BCUT2D eigenvalue weighted by atomic mass is 35.5. The van der Waals surface area contributed by atoms with Crippen LogP contribution in [0.3, 0.4) is 0 Å². The van der Waals surface area contributed by atoms with E-state index >= 15 is 0 Å². The van der Waals surface area contributed by atoms with Crippen molar-refractivity contribution in [2.24, 2.45) is 0 Å². The molecule has 2 aromatic carbocycles. The Balaban J connectivity index is 2.03. The van der Waals surface area contributed by atoms with E-state index in [1.165, 1.54) is 28.8 Å². The molecule has 0 saturated heterocycles. The first-order valence-electron chi connectivity index (χ1n) is 7.31. The highest BCUT2D eigenvalue weighted by molar-refractivity contribution is 6.31. The van der Waals surface area contributed by atoms with E-state index in [0.717, 1.165) is 35.7 Å². The van der Waals surface area contributed by atoms with E-state index in [-0.39, 0.29) is 5.82 Å². The van der Waals surface area contributed by atoms with Crippen molar-refractivity contribution in [3.05, 3.63) is 64.6 Å². The molecule has 0 amide bonds. The molecule has 0 bridgehead atoms. The van der Waals surface area contributed by atoms with Gasteiger partial charge in [-0.25, -0.2) is 4.39 Å². The number of rotatable bonds is 1. The first-order chi connectivity index (χ1) is 10.6. The van der Waals surface area contributed by atoms with E-state index in [1.807, 2.05) is 18.2 Å². The summed E-state index contributed by atoms with van der Waals surface area (Å²) in [7, 11) is 2.13. The quantitative estimate of drug-likeness (QED) is 0.653. The van der Waals surface area contributed by atoms with Crippen molar-refractivity contribution < 1.29 is 4.39 Å². The van der Waals surface area contributed by atoms with Crippen LogP contribution in [-0.4, -0.2) is 23.1 Å². The molecule has 0 atom stereocenters. The minimum atomic E-state index is -0.267. The van der Waals surface area contributed by atoms with Crippen LogP contribution >= 0.6 is 11.6 Å². The lowest BCUT2D eigenvalue weighted by Crippen LogP contribution is -2.27. The third-order valence-corrected chi connectivity index (χ3v) is 4.54. The van der Waals surface area contributed by atoms with Gasteiger partial charge in [-0.3, -0.25) is 0 Å². The predicted molar refractivity (Wildman–Crippen MR) is 87.1 cm³/mol. The van der Waals surface area contributed by atoms with Crippen molar-refractivity contribution in [1.82, 2.24) is 9.47 Å². The Hall–Kier alpha value is -1.84. The first-order valence-corrected chi connectivity index (χ1v) is 7.69. The summed E-state index contributed by atoms with van der Waals surface area (Å²) in [5, 5.41) is 1.91. The lowest BCUT2D eigenvalue weighted by molar-refractivity contribution is 0.311. The summed E-state index contributed by atoms with van der Waals surface area (Å²) in [4.78, 5) is 2.31. The van der Waals surface area contributed by atoms with Crippen LogP contribution < -0.4 is 0 Å². The molecule has 0 spiro atoms. The van der Waals surface area contributed by atoms with Gasteiger partial charge in [0.1, 0.15) is 5.82 Å². The van der Waals surface area contributed by atoms with E-state index in [4.69, 9.17) is 11.6 Å². The number of benzene rings is 2. The third kappa shape index (κ3) is 2.13. The zero-order valence-electron chi connectivity index (χ0n) is 12.2. The van der Waals surface area contributed by atoms with Crippen LogP contribution in [0.25, 0.3) is 16.6 Å². The van der Waals surface area contributed by atoms with Crippen molar-refractivity contribution >= 4 is 22.5 Å². The fourth-order valence-electron chi connectivity index (χ4n) is 3.28. The van der Waals surface area contributed by atoms with Crippen LogP contribution in [0.1, 0.15) is 11.3 Å². The van der Waals surface area contributed by atoms with Crippen molar-refractivity contribution in [2.45, 2.75) is 13.0 Å². The summed E-state index contributed by atoms with van der Waals surface area (Å²) >= 11 is 6.19. The van der Waals surface area contributed by atoms with E-state index in [1.54, 1.807) is 6.07 Å². The minimum Gasteiger partial charge on any atom is -0.313 e. The van der Waals surface area contributed by atoms with Crippen LogP contribution in [0, 0.1) is 11.9 Å². The predicted octanol–water partition coefficient (Wildman–Crippen LogP) is 4.21. The third-order valence-electron chi connectivity index (χ3n) is 4.30. The van der Waals surface area contributed by atoms with E-state index in [9.17, 15) is 4.39 Å². The zero-order valence-corrected chi connectivity index (χ0v) is 13.0. The molecule has 1 aromatic heterocycles. The van der Waals surface area contributed by atoms with Gasteiger partial charge in [0.2, 0.25) is 0 Å². The molecular formula is C18H15ClFN2. The van der Waals surface area contributed by atoms with Gasteiger partial charge >= 0.3 is 0 Å². The van der Waals surface area contributed by atoms with Crippen molar-refractivity contribution in [3.63, 3.8) is 0 Å². The van der Waals surface area contributed by atoms with Gasteiger partial charge in [-0.2, -0.15) is 0 Å². The second-order valence-corrected chi connectivity index (χ2v) is 6.24. The van der Waals surface area contributed by atoms with Gasteiger partial charge in [-0.05, 0) is 49.0 Å². The smallest absolute Gasteiger partial charge is 0.123 e. The fourth-order valence-corrected chi connectivity index (χ4v) is 3.45. The highest BCUT2D eigenvalue weighted by Gasteiger charge is 2.23. The summed E-state index contributed by atoms with van der Waals surface area (Å²) in [6.07, 6.45) is 0.962. The number of hydrogen-bond donors (Lipinski definition) is 0. The minimum absolute atomic E-state index is 0.267. The summed E-state index contributed by atoms with van der Waals surface area (Å²) in [5.74, 6) is -0.267. The molecule has 4 heteroatoms. The van der Waals surface area contributed by atoms with Gasteiger partial charge in [0.05, 0.1) is 11.2 Å². The monoisotopic (exact) mass is 313 g/mol. The maximum Gasteiger partial charge on any atom is 0.123 e. The fraction of sp³-hybridized carbons (Fsp3) is 0.222. The second kappa shape index (κ2) is 5.11. The molecule has 4 rings (SSSR count). The van der Waals surface area contributed by atoms with Gasteiger partial charge in [0.15, 0.2) is 0 Å². The van der Waals surface area contributed by atoms with Gasteiger partial charge < -0.3 is 9.47 Å². The second-order valence-electron chi connectivity index (χ2n) is 5.80. The molecule has 1 aliphatic rings. The molecule has 111 valence electrons. The summed E-state index contributed by atoms with van der Waals surface area (Å²) in [6.45, 7) is 1.92. The highest BCUT2D eigenvalue weighted by Crippen LogP contribution is 2.34. The van der Waals surface area contributed by atoms with Crippen LogP contribution in [0.5, 0.6) is 0 Å². The lowest BCUT2D eigenvalue weighted by atomic mass is 10.1. The summed E-state index contributed by atoms with van der Waals surface area (Å²) in [5.41, 5.74) is 4.56. The summed E-state index contributed by atoms with van der Waals surface area (Å²) in [6, 6.07) is 13.7. The number of fused-ring (bicyclic) bond motifs is 3. The Morgan fingerprint density at radius 2 is 2.09 bits per heavy atom. The molecule has 1 radical (unpaired) electrons. The molecule has 2 heterocycles. The standard InChI is InChI=1S/C18H15ClFN2/c1-21-9-8-18-16(11-21)15-10-12(19)2-7-17(15)22(18)14-5-3-13(20)4-6-14/h2-5,7,10H,8-9,11H2,1H3. The molecule has 0 fully saturated rings. The molecule has 0 saturated carbocycles. The topological polar surface area (TPSA) is 8.17 Å². The van der Waals surface area contributed by atoms with Gasteiger partial charge in [-0.15, -0.1) is 0 Å². The summed E-state index contributed by atoms with van der Waals surface area (Å²) < 4.78 is 15.4. The number of halogens is 2. The van der Waals surface area contributed by atoms with E-state index < -0.39 is 0 Å². The molecule has 22 heavy (non-hydrogen) atoms. The van der Waals surface area contributed by atoms with E-state index in [0.29, 0.717) is 0 Å². The maximum atomic E-state index is 13.2. The van der Waals surface area contributed by atoms with Crippen LogP contribution in [0.4, 0.5) is 4.39 Å². The van der Waals surface area contributed by atoms with Crippen molar-refractivity contribution in [2.75, 3.05) is 13.6 Å². The van der Waals surface area contributed by atoms with Crippen molar-refractivity contribution in [3.8, 4) is 5.69 Å². The molecule has 2 nitrogen and oxygen atoms in total. The Morgan fingerprint density at radius 1 is 1.23 bits per heavy atom. The number of aromatic nitrogens is 1. The normalized spacial score (nSPS) is 15.2.